The normalized spacial score (nSPS) is 10.2. The minimum atomic E-state index is 0.227. The number of ketones is 1. The molecule has 16 heavy (non-hydrogen) atoms. The molecule has 0 bridgehead atoms. The van der Waals surface area contributed by atoms with Crippen LogP contribution in [0, 0.1) is 0 Å². The Morgan fingerprint density at radius 3 is 2.62 bits per heavy atom. The average Bonchev–Trinajstić information content (AvgIpc) is 2.83. The molecule has 0 fully saturated rings. The second-order valence-electron chi connectivity index (χ2n) is 3.32. The van der Waals surface area contributed by atoms with Crippen LogP contribution in [0.4, 0.5) is 0 Å². The summed E-state index contributed by atoms with van der Waals surface area (Å²) in [5.74, 6) is 1.08. The first kappa shape index (κ1) is 11.4. The molecule has 0 aliphatic rings. The Labute approximate surface area is 104 Å². The van der Waals surface area contributed by atoms with E-state index in [-0.39, 0.29) is 5.78 Å². The molecule has 1 aromatic carbocycles. The Morgan fingerprint density at radius 2 is 1.94 bits per heavy atom. The maximum Gasteiger partial charge on any atom is 0.163 e. The lowest BCUT2D eigenvalue weighted by atomic mass is 10.1. The van der Waals surface area contributed by atoms with E-state index in [2.05, 4.69) is 11.4 Å². The maximum atomic E-state index is 11.8. The number of hydrogen-bond acceptors (Lipinski definition) is 3. The second kappa shape index (κ2) is 5.87. The first-order valence-corrected chi connectivity index (χ1v) is 6.97. The zero-order valence-corrected chi connectivity index (χ0v) is 10.4. The largest absolute Gasteiger partial charge is 0.294 e. The van der Waals surface area contributed by atoms with Crippen molar-refractivity contribution in [2.45, 2.75) is 10.6 Å². The quantitative estimate of drug-likeness (QED) is 0.585. The Hall–Kier alpha value is -1.06. The molecular weight excluding hydrogens is 236 g/mol. The predicted octanol–water partition coefficient (Wildman–Crippen LogP) is 4.11. The molecule has 0 aliphatic heterocycles. The smallest absolute Gasteiger partial charge is 0.163 e. The number of rotatable bonds is 5. The SMILES string of the molecule is O=C(CCSc1cccs1)c1ccccc1. The topological polar surface area (TPSA) is 17.1 Å². The van der Waals surface area contributed by atoms with Crippen LogP contribution in [-0.4, -0.2) is 11.5 Å². The lowest BCUT2D eigenvalue weighted by Crippen LogP contribution is -1.99. The molecule has 1 nitrogen and oxygen atoms in total. The van der Waals surface area contributed by atoms with E-state index in [9.17, 15) is 4.79 Å². The van der Waals surface area contributed by atoms with Crippen molar-refractivity contribution in [3.8, 4) is 0 Å². The van der Waals surface area contributed by atoms with Gasteiger partial charge in [0.1, 0.15) is 0 Å². The summed E-state index contributed by atoms with van der Waals surface area (Å²) in [7, 11) is 0. The van der Waals surface area contributed by atoms with Crippen LogP contribution in [0.3, 0.4) is 0 Å². The Bertz CT molecular complexity index is 434. The fraction of sp³-hybridized carbons (Fsp3) is 0.154. The minimum absolute atomic E-state index is 0.227. The summed E-state index contributed by atoms with van der Waals surface area (Å²) in [4.78, 5) is 11.8. The summed E-state index contributed by atoms with van der Waals surface area (Å²) in [5.41, 5.74) is 0.814. The van der Waals surface area contributed by atoms with Crippen LogP contribution >= 0.6 is 23.1 Å². The van der Waals surface area contributed by atoms with Crippen LogP contribution in [0.2, 0.25) is 0 Å². The van der Waals surface area contributed by atoms with Crippen LogP contribution in [0.25, 0.3) is 0 Å². The molecule has 0 amide bonds. The Morgan fingerprint density at radius 1 is 1.12 bits per heavy atom. The van der Waals surface area contributed by atoms with E-state index in [0.717, 1.165) is 11.3 Å². The number of thioether (sulfide) groups is 1. The summed E-state index contributed by atoms with van der Waals surface area (Å²) >= 11 is 3.47. The van der Waals surface area contributed by atoms with Crippen LogP contribution < -0.4 is 0 Å². The highest BCUT2D eigenvalue weighted by atomic mass is 32.2. The molecule has 2 rings (SSSR count). The van der Waals surface area contributed by atoms with Gasteiger partial charge in [0, 0.05) is 17.7 Å². The standard InChI is InChI=1S/C13H12OS2/c14-12(11-5-2-1-3-6-11)8-10-16-13-7-4-9-15-13/h1-7,9H,8,10H2. The van der Waals surface area contributed by atoms with Gasteiger partial charge in [0.15, 0.2) is 5.78 Å². The molecule has 0 unspecified atom stereocenters. The van der Waals surface area contributed by atoms with E-state index in [1.807, 2.05) is 36.4 Å². The van der Waals surface area contributed by atoms with E-state index >= 15 is 0 Å². The molecule has 2 aromatic rings. The molecule has 0 saturated carbocycles. The van der Waals surface area contributed by atoms with Crippen molar-refractivity contribution < 1.29 is 4.79 Å². The molecule has 0 radical (unpaired) electrons. The first-order valence-electron chi connectivity index (χ1n) is 5.11. The van der Waals surface area contributed by atoms with Crippen molar-refractivity contribution in [3.05, 3.63) is 53.4 Å². The van der Waals surface area contributed by atoms with E-state index in [0.29, 0.717) is 6.42 Å². The van der Waals surface area contributed by atoms with E-state index in [1.165, 1.54) is 4.21 Å². The highest BCUT2D eigenvalue weighted by Gasteiger charge is 2.04. The van der Waals surface area contributed by atoms with Gasteiger partial charge in [-0.25, -0.2) is 0 Å². The highest BCUT2D eigenvalue weighted by Crippen LogP contribution is 2.24. The third-order valence-electron chi connectivity index (χ3n) is 2.16. The van der Waals surface area contributed by atoms with Crippen molar-refractivity contribution in [2.75, 3.05) is 5.75 Å². The van der Waals surface area contributed by atoms with Gasteiger partial charge in [-0.3, -0.25) is 4.79 Å². The third-order valence-corrected chi connectivity index (χ3v) is 4.30. The zero-order valence-electron chi connectivity index (χ0n) is 8.76. The maximum absolute atomic E-state index is 11.8. The predicted molar refractivity (Wildman–Crippen MR) is 70.4 cm³/mol. The van der Waals surface area contributed by atoms with E-state index < -0.39 is 0 Å². The van der Waals surface area contributed by atoms with Crippen molar-refractivity contribution in [3.63, 3.8) is 0 Å². The van der Waals surface area contributed by atoms with Gasteiger partial charge in [0.05, 0.1) is 4.21 Å². The minimum Gasteiger partial charge on any atom is -0.294 e. The molecule has 82 valence electrons. The van der Waals surface area contributed by atoms with E-state index in [4.69, 9.17) is 0 Å². The number of Topliss-reactive ketones (excluding diaryl/α,β-unsaturated/α-hetero) is 1. The molecule has 0 saturated heterocycles. The number of carbonyl (C=O) groups excluding carboxylic acids is 1. The lowest BCUT2D eigenvalue weighted by molar-refractivity contribution is 0.0989. The summed E-state index contributed by atoms with van der Waals surface area (Å²) in [6.45, 7) is 0. The zero-order chi connectivity index (χ0) is 11.2. The molecular formula is C13H12OS2. The van der Waals surface area contributed by atoms with Gasteiger partial charge < -0.3 is 0 Å². The molecule has 0 atom stereocenters. The number of benzene rings is 1. The number of carbonyl (C=O) groups is 1. The second-order valence-corrected chi connectivity index (χ2v) is 5.66. The average molecular weight is 248 g/mol. The van der Waals surface area contributed by atoms with Crippen LogP contribution in [-0.2, 0) is 0 Å². The molecule has 3 heteroatoms. The Balaban J connectivity index is 1.81. The van der Waals surface area contributed by atoms with Gasteiger partial charge in [-0.1, -0.05) is 36.4 Å². The summed E-state index contributed by atoms with van der Waals surface area (Å²) in [6.07, 6.45) is 0.604. The summed E-state index contributed by atoms with van der Waals surface area (Å²) in [5, 5.41) is 2.06. The molecule has 1 aromatic heterocycles. The molecule has 1 heterocycles. The van der Waals surface area contributed by atoms with Gasteiger partial charge in [0.2, 0.25) is 0 Å². The highest BCUT2D eigenvalue weighted by molar-refractivity contribution is 8.01. The number of hydrogen-bond donors (Lipinski definition) is 0. The fourth-order valence-electron chi connectivity index (χ4n) is 1.36. The van der Waals surface area contributed by atoms with E-state index in [1.54, 1.807) is 23.1 Å². The van der Waals surface area contributed by atoms with Crippen LogP contribution in [0.1, 0.15) is 16.8 Å². The van der Waals surface area contributed by atoms with Crippen LogP contribution in [0.15, 0.2) is 52.1 Å². The van der Waals surface area contributed by atoms with Gasteiger partial charge in [-0.15, -0.1) is 23.1 Å². The van der Waals surface area contributed by atoms with Gasteiger partial charge >= 0.3 is 0 Å². The van der Waals surface area contributed by atoms with Gasteiger partial charge in [-0.2, -0.15) is 0 Å². The van der Waals surface area contributed by atoms with Gasteiger partial charge in [-0.05, 0) is 11.4 Å². The van der Waals surface area contributed by atoms with Crippen LogP contribution in [0.5, 0.6) is 0 Å². The van der Waals surface area contributed by atoms with Gasteiger partial charge in [0.25, 0.3) is 0 Å². The number of thiophene rings is 1. The molecule has 0 spiro atoms. The van der Waals surface area contributed by atoms with Crippen molar-refractivity contribution in [2.24, 2.45) is 0 Å². The lowest BCUT2D eigenvalue weighted by Gasteiger charge is -1.99. The fourth-order valence-corrected chi connectivity index (χ4v) is 3.16. The van der Waals surface area contributed by atoms with Crippen molar-refractivity contribution in [1.29, 1.82) is 0 Å². The molecule has 0 aliphatic carbocycles. The van der Waals surface area contributed by atoms with Crippen molar-refractivity contribution in [1.82, 2.24) is 0 Å². The third kappa shape index (κ3) is 3.22. The summed E-state index contributed by atoms with van der Waals surface area (Å²) in [6, 6.07) is 13.6. The van der Waals surface area contributed by atoms with Crippen molar-refractivity contribution >= 4 is 28.9 Å². The Kier molecular flexibility index (Phi) is 4.19. The monoisotopic (exact) mass is 248 g/mol. The summed E-state index contributed by atoms with van der Waals surface area (Å²) < 4.78 is 1.28. The molecule has 0 N–H and O–H groups in total. The first-order chi connectivity index (χ1) is 7.86.